The first-order chi connectivity index (χ1) is 9.10. The Morgan fingerprint density at radius 1 is 1.58 bits per heavy atom. The fourth-order valence-electron chi connectivity index (χ4n) is 1.85. The lowest BCUT2D eigenvalue weighted by Gasteiger charge is -2.15. The van der Waals surface area contributed by atoms with E-state index in [-0.39, 0.29) is 18.5 Å². The molecular formula is C12H16N4O3. The average molecular weight is 264 g/mol. The molecule has 1 fully saturated rings. The molecule has 0 atom stereocenters. The number of ether oxygens (including phenoxy) is 1. The summed E-state index contributed by atoms with van der Waals surface area (Å²) in [5, 5.41) is 5.32. The molecule has 2 rings (SSSR count). The highest BCUT2D eigenvalue weighted by Crippen LogP contribution is 2.26. The predicted octanol–water partition coefficient (Wildman–Crippen LogP) is 0.241. The normalized spacial score (nSPS) is 14.2. The van der Waals surface area contributed by atoms with Gasteiger partial charge in [-0.25, -0.2) is 4.79 Å². The van der Waals surface area contributed by atoms with Gasteiger partial charge in [-0.2, -0.15) is 0 Å². The van der Waals surface area contributed by atoms with E-state index in [0.717, 1.165) is 0 Å². The summed E-state index contributed by atoms with van der Waals surface area (Å²) in [5.74, 6) is 0.231. The van der Waals surface area contributed by atoms with E-state index in [4.69, 9.17) is 10.5 Å². The third kappa shape index (κ3) is 3.06. The number of benzene rings is 1. The SMILES string of the molecule is COc1ccc(N)cc1NC(=O)CN1CCNC1=O. The van der Waals surface area contributed by atoms with Crippen LogP contribution in [-0.4, -0.2) is 43.6 Å². The number of urea groups is 1. The zero-order chi connectivity index (χ0) is 13.8. The second-order valence-electron chi connectivity index (χ2n) is 4.16. The van der Waals surface area contributed by atoms with Gasteiger partial charge in [-0.05, 0) is 18.2 Å². The molecule has 0 unspecified atom stereocenters. The van der Waals surface area contributed by atoms with Crippen LogP contribution in [-0.2, 0) is 4.79 Å². The molecule has 7 nitrogen and oxygen atoms in total. The van der Waals surface area contributed by atoms with Gasteiger partial charge in [0.25, 0.3) is 0 Å². The highest BCUT2D eigenvalue weighted by atomic mass is 16.5. The number of anilines is 2. The van der Waals surface area contributed by atoms with Crippen molar-refractivity contribution in [2.24, 2.45) is 0 Å². The Bertz CT molecular complexity index is 504. The van der Waals surface area contributed by atoms with Crippen LogP contribution in [0.4, 0.5) is 16.2 Å². The minimum absolute atomic E-state index is 0.00376. The number of methoxy groups -OCH3 is 1. The molecule has 0 bridgehead atoms. The second-order valence-corrected chi connectivity index (χ2v) is 4.16. The van der Waals surface area contributed by atoms with E-state index in [0.29, 0.717) is 30.2 Å². The van der Waals surface area contributed by atoms with Crippen molar-refractivity contribution in [2.75, 3.05) is 37.8 Å². The molecule has 7 heteroatoms. The Kier molecular flexibility index (Phi) is 3.74. The van der Waals surface area contributed by atoms with Crippen LogP contribution in [0.1, 0.15) is 0 Å². The number of nitrogens with one attached hydrogen (secondary N) is 2. The fourth-order valence-corrected chi connectivity index (χ4v) is 1.85. The summed E-state index contributed by atoms with van der Waals surface area (Å²) in [5.41, 5.74) is 6.68. The number of nitrogen functional groups attached to an aromatic ring is 1. The molecule has 0 radical (unpaired) electrons. The van der Waals surface area contributed by atoms with Gasteiger partial charge in [0.05, 0.1) is 12.8 Å². The fraction of sp³-hybridized carbons (Fsp3) is 0.333. The molecule has 0 spiro atoms. The van der Waals surface area contributed by atoms with Gasteiger partial charge >= 0.3 is 6.03 Å². The highest BCUT2D eigenvalue weighted by Gasteiger charge is 2.22. The van der Waals surface area contributed by atoms with Crippen molar-refractivity contribution in [2.45, 2.75) is 0 Å². The Balaban J connectivity index is 2.02. The summed E-state index contributed by atoms with van der Waals surface area (Å²) in [6.45, 7) is 1.10. The molecule has 1 heterocycles. The molecule has 19 heavy (non-hydrogen) atoms. The number of nitrogens with zero attached hydrogens (tertiary/aromatic N) is 1. The van der Waals surface area contributed by atoms with Gasteiger partial charge in [-0.3, -0.25) is 4.79 Å². The second kappa shape index (κ2) is 5.47. The molecule has 102 valence electrons. The number of amides is 3. The van der Waals surface area contributed by atoms with E-state index in [2.05, 4.69) is 10.6 Å². The van der Waals surface area contributed by atoms with E-state index in [9.17, 15) is 9.59 Å². The van der Waals surface area contributed by atoms with Gasteiger partial charge in [0.2, 0.25) is 5.91 Å². The summed E-state index contributed by atoms with van der Waals surface area (Å²) < 4.78 is 5.13. The van der Waals surface area contributed by atoms with E-state index < -0.39 is 0 Å². The zero-order valence-electron chi connectivity index (χ0n) is 10.6. The summed E-state index contributed by atoms with van der Waals surface area (Å²) in [7, 11) is 1.51. The first-order valence-corrected chi connectivity index (χ1v) is 5.86. The number of hydrogen-bond acceptors (Lipinski definition) is 4. The van der Waals surface area contributed by atoms with Gasteiger partial charge in [0.15, 0.2) is 0 Å². The summed E-state index contributed by atoms with van der Waals surface area (Å²) in [6, 6.07) is 4.74. The van der Waals surface area contributed by atoms with Gasteiger partial charge in [0, 0.05) is 18.8 Å². The Morgan fingerprint density at radius 2 is 2.37 bits per heavy atom. The molecule has 3 amide bonds. The monoisotopic (exact) mass is 264 g/mol. The number of carbonyl (C=O) groups excluding carboxylic acids is 2. The maximum atomic E-state index is 11.9. The molecule has 1 aliphatic heterocycles. The third-order valence-electron chi connectivity index (χ3n) is 2.78. The Labute approximate surface area is 110 Å². The van der Waals surface area contributed by atoms with Crippen molar-refractivity contribution < 1.29 is 14.3 Å². The molecule has 1 aliphatic rings. The maximum absolute atomic E-state index is 11.9. The number of nitrogens with two attached hydrogens (primary N) is 1. The number of carbonyl (C=O) groups is 2. The topological polar surface area (TPSA) is 96.7 Å². The standard InChI is InChI=1S/C12H16N4O3/c1-19-10-3-2-8(13)6-9(10)15-11(17)7-16-5-4-14-12(16)18/h2-3,6H,4-5,7,13H2,1H3,(H,14,18)(H,15,17). The minimum atomic E-state index is -0.291. The van der Waals surface area contributed by atoms with Gasteiger partial charge in [-0.15, -0.1) is 0 Å². The van der Waals surface area contributed by atoms with Gasteiger partial charge in [-0.1, -0.05) is 0 Å². The molecule has 1 saturated heterocycles. The first-order valence-electron chi connectivity index (χ1n) is 5.86. The van der Waals surface area contributed by atoms with Crippen LogP contribution >= 0.6 is 0 Å². The van der Waals surface area contributed by atoms with Crippen LogP contribution in [0.15, 0.2) is 18.2 Å². The van der Waals surface area contributed by atoms with Crippen LogP contribution in [0.25, 0.3) is 0 Å². The van der Waals surface area contributed by atoms with Crippen LogP contribution in [0, 0.1) is 0 Å². The van der Waals surface area contributed by atoms with Crippen molar-refractivity contribution >= 4 is 23.3 Å². The lowest BCUT2D eigenvalue weighted by Crippen LogP contribution is -2.35. The Morgan fingerprint density at radius 3 is 3.00 bits per heavy atom. The van der Waals surface area contributed by atoms with Crippen LogP contribution in [0.3, 0.4) is 0 Å². The molecule has 0 aliphatic carbocycles. The highest BCUT2D eigenvalue weighted by molar-refractivity contribution is 5.96. The zero-order valence-corrected chi connectivity index (χ0v) is 10.6. The molecular weight excluding hydrogens is 248 g/mol. The smallest absolute Gasteiger partial charge is 0.317 e. The molecule has 0 saturated carbocycles. The van der Waals surface area contributed by atoms with Crippen molar-refractivity contribution in [3.63, 3.8) is 0 Å². The van der Waals surface area contributed by atoms with Gasteiger partial charge < -0.3 is 26.0 Å². The van der Waals surface area contributed by atoms with Crippen LogP contribution in [0.5, 0.6) is 5.75 Å². The minimum Gasteiger partial charge on any atom is -0.495 e. The molecule has 1 aromatic rings. The quantitative estimate of drug-likeness (QED) is 0.679. The van der Waals surface area contributed by atoms with Crippen molar-refractivity contribution in [3.8, 4) is 5.75 Å². The van der Waals surface area contributed by atoms with E-state index in [1.54, 1.807) is 18.2 Å². The lowest BCUT2D eigenvalue weighted by molar-refractivity contribution is -0.116. The van der Waals surface area contributed by atoms with Crippen molar-refractivity contribution in [1.82, 2.24) is 10.2 Å². The predicted molar refractivity (Wildman–Crippen MR) is 71.0 cm³/mol. The molecule has 4 N–H and O–H groups in total. The Hall–Kier alpha value is -2.44. The van der Waals surface area contributed by atoms with Crippen molar-refractivity contribution in [3.05, 3.63) is 18.2 Å². The molecule has 0 aromatic heterocycles. The number of rotatable bonds is 4. The summed E-state index contributed by atoms with van der Waals surface area (Å²) in [6.07, 6.45) is 0. The summed E-state index contributed by atoms with van der Waals surface area (Å²) in [4.78, 5) is 24.6. The van der Waals surface area contributed by atoms with Gasteiger partial charge in [0.1, 0.15) is 12.3 Å². The molecule has 1 aromatic carbocycles. The first kappa shape index (κ1) is 13.0. The lowest BCUT2D eigenvalue weighted by atomic mass is 10.2. The van der Waals surface area contributed by atoms with Crippen LogP contribution < -0.4 is 21.1 Å². The largest absolute Gasteiger partial charge is 0.495 e. The van der Waals surface area contributed by atoms with Crippen molar-refractivity contribution in [1.29, 1.82) is 0 Å². The van der Waals surface area contributed by atoms with Crippen LogP contribution in [0.2, 0.25) is 0 Å². The number of hydrogen-bond donors (Lipinski definition) is 3. The third-order valence-corrected chi connectivity index (χ3v) is 2.78. The van der Waals surface area contributed by atoms with E-state index >= 15 is 0 Å². The maximum Gasteiger partial charge on any atom is 0.317 e. The summed E-state index contributed by atoms with van der Waals surface area (Å²) >= 11 is 0. The van der Waals surface area contributed by atoms with E-state index in [1.165, 1.54) is 12.0 Å². The average Bonchev–Trinajstić information content (AvgIpc) is 2.75. The van der Waals surface area contributed by atoms with E-state index in [1.807, 2.05) is 0 Å².